The average Bonchev–Trinajstić information content (AvgIpc) is 2.86. The summed E-state index contributed by atoms with van der Waals surface area (Å²) >= 11 is 0. The lowest BCUT2D eigenvalue weighted by molar-refractivity contribution is -0.135. The highest BCUT2D eigenvalue weighted by Crippen LogP contribution is 2.26. The summed E-state index contributed by atoms with van der Waals surface area (Å²) in [7, 11) is 0. The molecule has 1 saturated carbocycles. The first-order valence-corrected chi connectivity index (χ1v) is 9.09. The second-order valence-electron chi connectivity index (χ2n) is 7.52. The van der Waals surface area contributed by atoms with E-state index in [0.717, 1.165) is 30.9 Å². The maximum atomic E-state index is 12.4. The van der Waals surface area contributed by atoms with Crippen LogP contribution in [0.4, 0.5) is 0 Å². The highest BCUT2D eigenvalue weighted by atomic mass is 16.2. The first-order chi connectivity index (χ1) is 11.4. The summed E-state index contributed by atoms with van der Waals surface area (Å²) in [5.41, 5.74) is 0.798. The normalized spacial score (nSPS) is 20.7. The van der Waals surface area contributed by atoms with Crippen molar-refractivity contribution in [1.29, 1.82) is 0 Å². The third-order valence-electron chi connectivity index (χ3n) is 5.00. The minimum Gasteiger partial charge on any atom is -0.353 e. The molecule has 0 spiro atoms. The highest BCUT2D eigenvalue weighted by molar-refractivity contribution is 5.78. The number of fused-ring (bicyclic) bond motifs is 1. The Morgan fingerprint density at radius 1 is 1.33 bits per heavy atom. The third kappa shape index (κ3) is 3.62. The zero-order valence-corrected chi connectivity index (χ0v) is 14.9. The molecule has 1 aliphatic carbocycles. The summed E-state index contributed by atoms with van der Waals surface area (Å²) in [6, 6.07) is 0.325. The molecule has 3 rings (SSSR count). The van der Waals surface area contributed by atoms with Crippen LogP contribution in [-0.4, -0.2) is 38.9 Å². The van der Waals surface area contributed by atoms with Crippen molar-refractivity contribution < 1.29 is 9.59 Å². The SMILES string of the molecule is CC(C)CC(=O)N1CCn2cc(CC(=O)NC3CCC3)nc2[C@H]1C. The van der Waals surface area contributed by atoms with Gasteiger partial charge >= 0.3 is 0 Å². The Labute approximate surface area is 143 Å². The molecule has 1 N–H and O–H groups in total. The molecule has 6 nitrogen and oxygen atoms in total. The van der Waals surface area contributed by atoms with Crippen LogP contribution in [0, 0.1) is 5.92 Å². The largest absolute Gasteiger partial charge is 0.353 e. The molecule has 0 saturated heterocycles. The van der Waals surface area contributed by atoms with Crippen LogP contribution in [0.3, 0.4) is 0 Å². The molecule has 0 aromatic carbocycles. The van der Waals surface area contributed by atoms with E-state index in [2.05, 4.69) is 28.7 Å². The van der Waals surface area contributed by atoms with Gasteiger partial charge in [0, 0.05) is 31.7 Å². The molecule has 24 heavy (non-hydrogen) atoms. The minimum absolute atomic E-state index is 0.0338. The molecule has 6 heteroatoms. The number of carbonyl (C=O) groups excluding carboxylic acids is 2. The lowest BCUT2D eigenvalue weighted by Gasteiger charge is -2.34. The fourth-order valence-corrected chi connectivity index (χ4v) is 3.44. The zero-order valence-electron chi connectivity index (χ0n) is 14.9. The molecule has 2 aliphatic rings. The van der Waals surface area contributed by atoms with Gasteiger partial charge in [0.25, 0.3) is 0 Å². The van der Waals surface area contributed by atoms with Crippen molar-refractivity contribution in [3.05, 3.63) is 17.7 Å². The van der Waals surface area contributed by atoms with E-state index in [1.807, 2.05) is 18.0 Å². The predicted molar refractivity (Wildman–Crippen MR) is 91.3 cm³/mol. The Hall–Kier alpha value is -1.85. The molecule has 132 valence electrons. The standard InChI is InChI=1S/C18H28N4O2/c1-12(2)9-17(24)22-8-7-21-11-15(20-18(21)13(22)3)10-16(23)19-14-5-4-6-14/h11-14H,4-10H2,1-3H3,(H,19,23)/t13-/m1/s1. The molecule has 1 aromatic rings. The van der Waals surface area contributed by atoms with Gasteiger partial charge in [-0.2, -0.15) is 0 Å². The molecule has 2 heterocycles. The first-order valence-electron chi connectivity index (χ1n) is 9.09. The van der Waals surface area contributed by atoms with Gasteiger partial charge in [-0.25, -0.2) is 4.98 Å². The van der Waals surface area contributed by atoms with Crippen molar-refractivity contribution in [3.8, 4) is 0 Å². The Kier molecular flexibility index (Phi) is 4.92. The van der Waals surface area contributed by atoms with E-state index in [1.54, 1.807) is 0 Å². The van der Waals surface area contributed by atoms with Crippen molar-refractivity contribution >= 4 is 11.8 Å². The van der Waals surface area contributed by atoms with Crippen molar-refractivity contribution in [1.82, 2.24) is 19.8 Å². The molecule has 1 atom stereocenters. The topological polar surface area (TPSA) is 67.2 Å². The predicted octanol–water partition coefficient (Wildman–Crippen LogP) is 2.04. The molecule has 0 bridgehead atoms. The second kappa shape index (κ2) is 6.95. The van der Waals surface area contributed by atoms with E-state index in [9.17, 15) is 9.59 Å². The summed E-state index contributed by atoms with van der Waals surface area (Å²) in [5, 5.41) is 3.05. The monoisotopic (exact) mass is 332 g/mol. The van der Waals surface area contributed by atoms with E-state index >= 15 is 0 Å². The molecular weight excluding hydrogens is 304 g/mol. The van der Waals surface area contributed by atoms with E-state index < -0.39 is 0 Å². The van der Waals surface area contributed by atoms with Crippen molar-refractivity contribution in [3.63, 3.8) is 0 Å². The number of amides is 2. The van der Waals surface area contributed by atoms with Gasteiger partial charge < -0.3 is 14.8 Å². The molecule has 0 unspecified atom stereocenters. The Balaban J connectivity index is 1.64. The summed E-state index contributed by atoms with van der Waals surface area (Å²) in [6.45, 7) is 7.61. The lowest BCUT2D eigenvalue weighted by atomic mass is 9.93. The number of nitrogens with one attached hydrogen (secondary N) is 1. The fraction of sp³-hybridized carbons (Fsp3) is 0.722. The maximum Gasteiger partial charge on any atom is 0.226 e. The van der Waals surface area contributed by atoms with Gasteiger partial charge in [0.2, 0.25) is 11.8 Å². The molecule has 0 radical (unpaired) electrons. The Morgan fingerprint density at radius 2 is 2.08 bits per heavy atom. The van der Waals surface area contributed by atoms with Crippen LogP contribution in [-0.2, 0) is 22.6 Å². The molecule has 1 aromatic heterocycles. The lowest BCUT2D eigenvalue weighted by Crippen LogP contribution is -2.41. The summed E-state index contributed by atoms with van der Waals surface area (Å²) < 4.78 is 2.09. The van der Waals surface area contributed by atoms with Crippen LogP contribution in [0.5, 0.6) is 0 Å². The first kappa shape index (κ1) is 17.0. The van der Waals surface area contributed by atoms with Crippen molar-refractivity contribution in [2.45, 2.75) is 71.5 Å². The summed E-state index contributed by atoms with van der Waals surface area (Å²) in [4.78, 5) is 31.0. The number of aromatic nitrogens is 2. The van der Waals surface area contributed by atoms with Gasteiger partial charge in [-0.05, 0) is 32.1 Å². The molecule has 1 fully saturated rings. The van der Waals surface area contributed by atoms with E-state index in [0.29, 0.717) is 31.3 Å². The van der Waals surface area contributed by atoms with Crippen LogP contribution in [0.1, 0.15) is 64.0 Å². The minimum atomic E-state index is -0.0338. The van der Waals surface area contributed by atoms with Gasteiger partial charge in [0.15, 0.2) is 0 Å². The van der Waals surface area contributed by atoms with Crippen LogP contribution in [0.2, 0.25) is 0 Å². The number of imidazole rings is 1. The fourth-order valence-electron chi connectivity index (χ4n) is 3.44. The van der Waals surface area contributed by atoms with Crippen LogP contribution in [0.25, 0.3) is 0 Å². The van der Waals surface area contributed by atoms with Gasteiger partial charge in [0.1, 0.15) is 5.82 Å². The highest BCUT2D eigenvalue weighted by Gasteiger charge is 2.30. The molecule has 1 aliphatic heterocycles. The molecule has 2 amide bonds. The van der Waals surface area contributed by atoms with Gasteiger partial charge in [-0.1, -0.05) is 13.8 Å². The Morgan fingerprint density at radius 3 is 2.71 bits per heavy atom. The van der Waals surface area contributed by atoms with Crippen molar-refractivity contribution in [2.75, 3.05) is 6.54 Å². The number of rotatable bonds is 5. The quantitative estimate of drug-likeness (QED) is 0.897. The number of carbonyl (C=O) groups is 2. The van der Waals surface area contributed by atoms with Crippen molar-refractivity contribution in [2.24, 2.45) is 5.92 Å². The second-order valence-corrected chi connectivity index (χ2v) is 7.52. The zero-order chi connectivity index (χ0) is 17.3. The average molecular weight is 332 g/mol. The summed E-state index contributed by atoms with van der Waals surface area (Å²) in [5.74, 6) is 1.49. The van der Waals surface area contributed by atoms with E-state index in [-0.39, 0.29) is 17.9 Å². The number of hydrogen-bond acceptors (Lipinski definition) is 3. The third-order valence-corrected chi connectivity index (χ3v) is 5.00. The van der Waals surface area contributed by atoms with Gasteiger partial charge in [0.05, 0.1) is 18.2 Å². The number of hydrogen-bond donors (Lipinski definition) is 1. The number of nitrogens with zero attached hydrogens (tertiary/aromatic N) is 3. The molecular formula is C18H28N4O2. The van der Waals surface area contributed by atoms with Gasteiger partial charge in [-0.3, -0.25) is 9.59 Å². The van der Waals surface area contributed by atoms with Crippen LogP contribution >= 0.6 is 0 Å². The van der Waals surface area contributed by atoms with Crippen LogP contribution in [0.15, 0.2) is 6.20 Å². The van der Waals surface area contributed by atoms with E-state index in [1.165, 1.54) is 6.42 Å². The van der Waals surface area contributed by atoms with Crippen LogP contribution < -0.4 is 5.32 Å². The smallest absolute Gasteiger partial charge is 0.226 e. The van der Waals surface area contributed by atoms with Gasteiger partial charge in [-0.15, -0.1) is 0 Å². The Bertz CT molecular complexity index is 619. The summed E-state index contributed by atoms with van der Waals surface area (Å²) in [6.07, 6.45) is 6.26. The van der Waals surface area contributed by atoms with E-state index in [4.69, 9.17) is 0 Å². The maximum absolute atomic E-state index is 12.4.